The van der Waals surface area contributed by atoms with Crippen LogP contribution < -0.4 is 10.1 Å². The summed E-state index contributed by atoms with van der Waals surface area (Å²) in [5, 5.41) is 14.1. The lowest BCUT2D eigenvalue weighted by Gasteiger charge is -2.37. The predicted octanol–water partition coefficient (Wildman–Crippen LogP) is 1.39. The van der Waals surface area contributed by atoms with Gasteiger partial charge >= 0.3 is 0 Å². The third kappa shape index (κ3) is 4.23. The molecular weight excluding hydrogens is 290 g/mol. The molecule has 1 aliphatic heterocycles. The molecule has 1 saturated heterocycles. The quantitative estimate of drug-likeness (QED) is 0.860. The number of rotatable bonds is 5. The molecular formula is C15H24ClN3O2. The fourth-order valence-electron chi connectivity index (χ4n) is 2.61. The van der Waals surface area contributed by atoms with Gasteiger partial charge in [-0.25, -0.2) is 0 Å². The van der Waals surface area contributed by atoms with E-state index in [-0.39, 0.29) is 5.75 Å². The summed E-state index contributed by atoms with van der Waals surface area (Å²) in [7, 11) is 5.82. The van der Waals surface area contributed by atoms with E-state index in [1.165, 1.54) is 7.11 Å². The number of nitrogens with zero attached hydrogens (tertiary/aromatic N) is 2. The van der Waals surface area contributed by atoms with Crippen LogP contribution in [0.5, 0.6) is 11.5 Å². The van der Waals surface area contributed by atoms with Crippen molar-refractivity contribution in [3.05, 3.63) is 22.7 Å². The zero-order chi connectivity index (χ0) is 15.4. The Morgan fingerprint density at radius 3 is 2.86 bits per heavy atom. The molecule has 21 heavy (non-hydrogen) atoms. The summed E-state index contributed by atoms with van der Waals surface area (Å²) in [5.74, 6) is 0.567. The van der Waals surface area contributed by atoms with E-state index in [1.807, 2.05) is 0 Å². The normalized spacial score (nSPS) is 20.7. The van der Waals surface area contributed by atoms with Gasteiger partial charge in [0, 0.05) is 55.4 Å². The van der Waals surface area contributed by atoms with Crippen LogP contribution in [-0.2, 0) is 6.54 Å². The van der Waals surface area contributed by atoms with Gasteiger partial charge in [0.2, 0.25) is 0 Å². The summed E-state index contributed by atoms with van der Waals surface area (Å²) in [6.07, 6.45) is 0. The maximum Gasteiger partial charge on any atom is 0.162 e. The number of ether oxygens (including phenoxy) is 1. The molecule has 2 N–H and O–H groups in total. The molecule has 1 unspecified atom stereocenters. The highest BCUT2D eigenvalue weighted by Gasteiger charge is 2.21. The van der Waals surface area contributed by atoms with Gasteiger partial charge in [0.25, 0.3) is 0 Å². The molecule has 0 radical (unpaired) electrons. The molecule has 0 bridgehead atoms. The maximum atomic E-state index is 10.1. The second-order valence-electron chi connectivity index (χ2n) is 5.64. The smallest absolute Gasteiger partial charge is 0.162 e. The highest BCUT2D eigenvalue weighted by Crippen LogP contribution is 2.33. The van der Waals surface area contributed by atoms with Crippen LogP contribution in [0, 0.1) is 0 Å². The number of piperazine rings is 1. The van der Waals surface area contributed by atoms with Crippen LogP contribution in [0.3, 0.4) is 0 Å². The Bertz CT molecular complexity index is 484. The van der Waals surface area contributed by atoms with Crippen molar-refractivity contribution < 1.29 is 9.84 Å². The Kier molecular flexibility index (Phi) is 5.70. The van der Waals surface area contributed by atoms with Crippen LogP contribution in [0.15, 0.2) is 12.1 Å². The minimum Gasteiger partial charge on any atom is -0.504 e. The molecule has 1 aliphatic rings. The van der Waals surface area contributed by atoms with Crippen LogP contribution in [0.25, 0.3) is 0 Å². The van der Waals surface area contributed by atoms with Gasteiger partial charge in [-0.1, -0.05) is 11.6 Å². The van der Waals surface area contributed by atoms with Gasteiger partial charge in [0.05, 0.1) is 7.11 Å². The lowest BCUT2D eigenvalue weighted by Crippen LogP contribution is -2.53. The molecule has 1 aromatic rings. The minimum atomic E-state index is 0.156. The lowest BCUT2D eigenvalue weighted by molar-refractivity contribution is 0.113. The van der Waals surface area contributed by atoms with Gasteiger partial charge in [0.1, 0.15) is 0 Å². The molecule has 5 nitrogen and oxygen atoms in total. The van der Waals surface area contributed by atoms with E-state index in [1.54, 1.807) is 12.1 Å². The number of halogens is 1. The summed E-state index contributed by atoms with van der Waals surface area (Å²) in [5.41, 5.74) is 0.756. The van der Waals surface area contributed by atoms with Crippen molar-refractivity contribution in [3.8, 4) is 11.5 Å². The Labute approximate surface area is 131 Å². The van der Waals surface area contributed by atoms with Crippen molar-refractivity contribution in [2.75, 3.05) is 47.4 Å². The van der Waals surface area contributed by atoms with Crippen LogP contribution in [-0.4, -0.2) is 68.3 Å². The Balaban J connectivity index is 1.92. The summed E-state index contributed by atoms with van der Waals surface area (Å²) in [4.78, 5) is 4.71. The number of likely N-dealkylation sites (N-methyl/N-ethyl adjacent to an activating group) is 2. The number of hydrogen-bond acceptors (Lipinski definition) is 5. The standard InChI is InChI=1S/C15H24ClN3O2/c1-18-4-5-19(2)13(10-18)9-17-8-11-6-12(16)7-14(21-3)15(11)20/h6-7,13,17,20H,4-5,8-10H2,1-3H3. The molecule has 0 aliphatic carbocycles. The third-order valence-electron chi connectivity index (χ3n) is 4.01. The maximum absolute atomic E-state index is 10.1. The number of phenolic OH excluding ortho intramolecular Hbond substituents is 1. The SMILES string of the molecule is COc1cc(Cl)cc(CNCC2CN(C)CCN2C)c1O. The highest BCUT2D eigenvalue weighted by molar-refractivity contribution is 6.30. The number of nitrogens with one attached hydrogen (secondary N) is 1. The molecule has 1 aromatic carbocycles. The van der Waals surface area contributed by atoms with E-state index in [0.29, 0.717) is 23.4 Å². The van der Waals surface area contributed by atoms with E-state index in [0.717, 1.165) is 31.7 Å². The van der Waals surface area contributed by atoms with Gasteiger partial charge in [-0.3, -0.25) is 4.90 Å². The summed E-state index contributed by atoms with van der Waals surface area (Å²) in [6.45, 7) is 4.68. The van der Waals surface area contributed by atoms with Gasteiger partial charge in [-0.05, 0) is 20.2 Å². The molecule has 0 saturated carbocycles. The van der Waals surface area contributed by atoms with Gasteiger partial charge in [-0.2, -0.15) is 0 Å². The van der Waals surface area contributed by atoms with Crippen LogP contribution in [0.1, 0.15) is 5.56 Å². The van der Waals surface area contributed by atoms with Crippen LogP contribution in [0.2, 0.25) is 5.02 Å². The second kappa shape index (κ2) is 7.31. The van der Waals surface area contributed by atoms with E-state index in [9.17, 15) is 5.11 Å². The van der Waals surface area contributed by atoms with E-state index in [4.69, 9.17) is 16.3 Å². The average molecular weight is 314 g/mol. The van der Waals surface area contributed by atoms with E-state index in [2.05, 4.69) is 29.2 Å². The summed E-state index contributed by atoms with van der Waals surface area (Å²) < 4.78 is 5.12. The monoisotopic (exact) mass is 313 g/mol. The predicted molar refractivity (Wildman–Crippen MR) is 85.3 cm³/mol. The highest BCUT2D eigenvalue weighted by atomic mass is 35.5. The van der Waals surface area contributed by atoms with Gasteiger partial charge in [-0.15, -0.1) is 0 Å². The van der Waals surface area contributed by atoms with Crippen molar-refractivity contribution in [1.82, 2.24) is 15.1 Å². The third-order valence-corrected chi connectivity index (χ3v) is 4.23. The van der Waals surface area contributed by atoms with Crippen molar-refractivity contribution in [3.63, 3.8) is 0 Å². The van der Waals surface area contributed by atoms with Gasteiger partial charge < -0.3 is 20.1 Å². The first-order valence-corrected chi connectivity index (χ1v) is 7.54. The fourth-order valence-corrected chi connectivity index (χ4v) is 2.84. The molecule has 118 valence electrons. The second-order valence-corrected chi connectivity index (χ2v) is 6.08. The number of benzene rings is 1. The molecule has 1 fully saturated rings. The van der Waals surface area contributed by atoms with E-state index < -0.39 is 0 Å². The number of methoxy groups -OCH3 is 1. The molecule has 1 atom stereocenters. The summed E-state index contributed by atoms with van der Waals surface area (Å²) >= 11 is 6.04. The minimum absolute atomic E-state index is 0.156. The zero-order valence-electron chi connectivity index (χ0n) is 12.9. The Hall–Kier alpha value is -1.01. The van der Waals surface area contributed by atoms with E-state index >= 15 is 0 Å². The lowest BCUT2D eigenvalue weighted by atomic mass is 10.1. The molecule has 1 heterocycles. The van der Waals surface area contributed by atoms with Gasteiger partial charge in [0.15, 0.2) is 11.5 Å². The molecule has 6 heteroatoms. The first-order valence-electron chi connectivity index (χ1n) is 7.16. The van der Waals surface area contributed by atoms with Crippen molar-refractivity contribution in [2.45, 2.75) is 12.6 Å². The topological polar surface area (TPSA) is 48.0 Å². The first kappa shape index (κ1) is 16.4. The van der Waals surface area contributed by atoms with Crippen molar-refractivity contribution in [2.24, 2.45) is 0 Å². The average Bonchev–Trinajstić information content (AvgIpc) is 2.45. The van der Waals surface area contributed by atoms with Crippen molar-refractivity contribution in [1.29, 1.82) is 0 Å². The van der Waals surface area contributed by atoms with Crippen molar-refractivity contribution >= 4 is 11.6 Å². The summed E-state index contributed by atoms with van der Waals surface area (Å²) in [6, 6.07) is 3.86. The largest absolute Gasteiger partial charge is 0.504 e. The Morgan fingerprint density at radius 2 is 2.14 bits per heavy atom. The first-order chi connectivity index (χ1) is 10.0. The fraction of sp³-hybridized carbons (Fsp3) is 0.600. The van der Waals surface area contributed by atoms with Crippen LogP contribution in [0.4, 0.5) is 0 Å². The zero-order valence-corrected chi connectivity index (χ0v) is 13.7. The molecule has 2 rings (SSSR count). The number of hydrogen-bond donors (Lipinski definition) is 2. The van der Waals surface area contributed by atoms with Crippen LogP contribution >= 0.6 is 11.6 Å². The molecule has 0 spiro atoms. The molecule has 0 amide bonds. The Morgan fingerprint density at radius 1 is 1.38 bits per heavy atom. The number of aromatic hydroxyl groups is 1. The number of phenols is 1. The molecule has 0 aromatic heterocycles.